The van der Waals surface area contributed by atoms with Crippen molar-refractivity contribution in [1.29, 1.82) is 0 Å². The molecule has 3 nitrogen and oxygen atoms in total. The highest BCUT2D eigenvalue weighted by Crippen LogP contribution is 2.51. The second-order valence-corrected chi connectivity index (χ2v) is 5.13. The third-order valence-electron chi connectivity index (χ3n) is 3.86. The topological polar surface area (TPSA) is 46.5 Å². The van der Waals surface area contributed by atoms with Crippen LogP contribution in [0.1, 0.15) is 36.8 Å². The second-order valence-electron chi connectivity index (χ2n) is 5.13. The van der Waals surface area contributed by atoms with Gasteiger partial charge in [-0.1, -0.05) is 12.1 Å². The standard InChI is InChI=1S/C14H16O3/c15-13(16)9-14(5-6-14)11-3-4-12-10(8-11)2-1-7-17-12/h3-4,8H,1-2,5-7,9H2,(H,15,16). The molecule has 0 radical (unpaired) electrons. The first kappa shape index (κ1) is 10.6. The van der Waals surface area contributed by atoms with E-state index in [1.54, 1.807) is 0 Å². The highest BCUT2D eigenvalue weighted by molar-refractivity contribution is 5.70. The van der Waals surface area contributed by atoms with Gasteiger partial charge in [0.15, 0.2) is 0 Å². The van der Waals surface area contributed by atoms with Crippen LogP contribution in [0.4, 0.5) is 0 Å². The van der Waals surface area contributed by atoms with Gasteiger partial charge in [-0.25, -0.2) is 0 Å². The molecule has 0 spiro atoms. The fourth-order valence-corrected chi connectivity index (χ4v) is 2.70. The first-order valence-corrected chi connectivity index (χ1v) is 6.18. The Morgan fingerprint density at radius 2 is 2.24 bits per heavy atom. The maximum Gasteiger partial charge on any atom is 0.304 e. The van der Waals surface area contributed by atoms with E-state index in [0.717, 1.165) is 38.0 Å². The smallest absolute Gasteiger partial charge is 0.304 e. The number of carboxylic acids is 1. The number of benzene rings is 1. The van der Waals surface area contributed by atoms with Crippen molar-refractivity contribution in [2.75, 3.05) is 6.61 Å². The molecule has 3 heteroatoms. The molecule has 2 aliphatic rings. The number of rotatable bonds is 3. The van der Waals surface area contributed by atoms with E-state index >= 15 is 0 Å². The minimum absolute atomic E-state index is 0.0850. The third-order valence-corrected chi connectivity index (χ3v) is 3.86. The van der Waals surface area contributed by atoms with Crippen molar-refractivity contribution in [1.82, 2.24) is 0 Å². The van der Waals surface area contributed by atoms with Gasteiger partial charge >= 0.3 is 5.97 Å². The summed E-state index contributed by atoms with van der Waals surface area (Å²) in [6.07, 6.45) is 4.36. The molecule has 1 N–H and O–H groups in total. The molecule has 0 atom stereocenters. The zero-order valence-electron chi connectivity index (χ0n) is 9.74. The van der Waals surface area contributed by atoms with E-state index in [-0.39, 0.29) is 11.8 Å². The van der Waals surface area contributed by atoms with Gasteiger partial charge in [-0.3, -0.25) is 4.79 Å². The Labute approximate surface area is 100 Å². The summed E-state index contributed by atoms with van der Waals surface area (Å²) >= 11 is 0. The van der Waals surface area contributed by atoms with Gasteiger partial charge in [0.2, 0.25) is 0 Å². The summed E-state index contributed by atoms with van der Waals surface area (Å²) < 4.78 is 5.58. The predicted octanol–water partition coefficient (Wildman–Crippen LogP) is 2.52. The van der Waals surface area contributed by atoms with Crippen LogP contribution in [-0.2, 0) is 16.6 Å². The van der Waals surface area contributed by atoms with Crippen LogP contribution >= 0.6 is 0 Å². The second kappa shape index (κ2) is 3.76. The monoisotopic (exact) mass is 232 g/mol. The average Bonchev–Trinajstić information content (AvgIpc) is 3.08. The lowest BCUT2D eigenvalue weighted by Crippen LogP contribution is -2.15. The van der Waals surface area contributed by atoms with Crippen molar-refractivity contribution in [2.45, 2.75) is 37.5 Å². The molecule has 1 saturated carbocycles. The number of ether oxygens (including phenoxy) is 1. The van der Waals surface area contributed by atoms with Gasteiger partial charge in [-0.15, -0.1) is 0 Å². The van der Waals surface area contributed by atoms with Crippen molar-refractivity contribution in [2.24, 2.45) is 0 Å². The molecule has 0 saturated heterocycles. The molecule has 3 rings (SSSR count). The highest BCUT2D eigenvalue weighted by atomic mass is 16.5. The van der Waals surface area contributed by atoms with E-state index in [1.807, 2.05) is 12.1 Å². The van der Waals surface area contributed by atoms with Gasteiger partial charge in [0, 0.05) is 5.41 Å². The lowest BCUT2D eigenvalue weighted by molar-refractivity contribution is -0.137. The molecule has 0 unspecified atom stereocenters. The number of carboxylic acid groups (broad SMARTS) is 1. The summed E-state index contributed by atoms with van der Waals surface area (Å²) in [5.41, 5.74) is 2.34. The van der Waals surface area contributed by atoms with Crippen LogP contribution in [0.5, 0.6) is 5.75 Å². The third kappa shape index (κ3) is 1.90. The number of fused-ring (bicyclic) bond motifs is 1. The molecule has 1 aliphatic heterocycles. The highest BCUT2D eigenvalue weighted by Gasteiger charge is 2.46. The summed E-state index contributed by atoms with van der Waals surface area (Å²) in [5.74, 6) is 0.280. The quantitative estimate of drug-likeness (QED) is 0.871. The molecule has 1 aromatic rings. The first-order valence-electron chi connectivity index (χ1n) is 6.18. The summed E-state index contributed by atoms with van der Waals surface area (Å²) in [6, 6.07) is 6.20. The van der Waals surface area contributed by atoms with Crippen molar-refractivity contribution >= 4 is 5.97 Å². The number of hydrogen-bond donors (Lipinski definition) is 1. The first-order chi connectivity index (χ1) is 8.20. The SMILES string of the molecule is O=C(O)CC1(c2ccc3c(c2)CCCO3)CC1. The van der Waals surface area contributed by atoms with E-state index in [0.29, 0.717) is 0 Å². The van der Waals surface area contributed by atoms with Gasteiger partial charge in [0.25, 0.3) is 0 Å². The van der Waals surface area contributed by atoms with Crippen molar-refractivity contribution in [3.63, 3.8) is 0 Å². The van der Waals surface area contributed by atoms with Gasteiger partial charge in [-0.05, 0) is 42.9 Å². The van der Waals surface area contributed by atoms with E-state index < -0.39 is 5.97 Å². The number of carbonyl (C=O) groups is 1. The molecular formula is C14H16O3. The molecular weight excluding hydrogens is 216 g/mol. The lowest BCUT2D eigenvalue weighted by atomic mass is 9.90. The van der Waals surface area contributed by atoms with Crippen LogP contribution in [0.2, 0.25) is 0 Å². The predicted molar refractivity (Wildman–Crippen MR) is 63.4 cm³/mol. The Morgan fingerprint density at radius 1 is 1.41 bits per heavy atom. The largest absolute Gasteiger partial charge is 0.493 e. The Kier molecular flexibility index (Phi) is 2.35. The molecule has 1 heterocycles. The normalized spacial score (nSPS) is 20.2. The fourth-order valence-electron chi connectivity index (χ4n) is 2.70. The zero-order valence-corrected chi connectivity index (χ0v) is 9.74. The molecule has 1 fully saturated rings. The van der Waals surface area contributed by atoms with Crippen LogP contribution in [0.15, 0.2) is 18.2 Å². The Hall–Kier alpha value is -1.51. The Bertz CT molecular complexity index is 461. The van der Waals surface area contributed by atoms with Gasteiger partial charge < -0.3 is 9.84 Å². The van der Waals surface area contributed by atoms with E-state index in [1.165, 1.54) is 11.1 Å². The maximum atomic E-state index is 10.9. The van der Waals surface area contributed by atoms with Crippen molar-refractivity contribution in [3.8, 4) is 5.75 Å². The van der Waals surface area contributed by atoms with E-state index in [2.05, 4.69) is 6.07 Å². The molecule has 0 bridgehead atoms. The zero-order chi connectivity index (χ0) is 11.9. The van der Waals surface area contributed by atoms with Crippen LogP contribution < -0.4 is 4.74 Å². The van der Waals surface area contributed by atoms with E-state index in [9.17, 15) is 4.79 Å². The molecule has 1 aliphatic carbocycles. The van der Waals surface area contributed by atoms with Crippen LogP contribution in [0, 0.1) is 0 Å². The number of aryl methyl sites for hydroxylation is 1. The summed E-state index contributed by atoms with van der Waals surface area (Å²) in [5, 5.41) is 8.96. The van der Waals surface area contributed by atoms with Gasteiger partial charge in [-0.2, -0.15) is 0 Å². The minimum atomic E-state index is -0.698. The molecule has 90 valence electrons. The maximum absolute atomic E-state index is 10.9. The summed E-state index contributed by atoms with van der Waals surface area (Å²) in [6.45, 7) is 0.798. The molecule has 0 amide bonds. The molecule has 0 aromatic heterocycles. The molecule has 1 aromatic carbocycles. The van der Waals surface area contributed by atoms with Crippen LogP contribution in [0.3, 0.4) is 0 Å². The fraction of sp³-hybridized carbons (Fsp3) is 0.500. The van der Waals surface area contributed by atoms with Crippen LogP contribution in [-0.4, -0.2) is 17.7 Å². The Morgan fingerprint density at radius 3 is 2.94 bits per heavy atom. The van der Waals surface area contributed by atoms with Crippen molar-refractivity contribution in [3.05, 3.63) is 29.3 Å². The Balaban J connectivity index is 1.91. The summed E-state index contributed by atoms with van der Waals surface area (Å²) in [4.78, 5) is 10.9. The molecule has 17 heavy (non-hydrogen) atoms. The lowest BCUT2D eigenvalue weighted by Gasteiger charge is -2.20. The number of aliphatic carboxylic acids is 1. The average molecular weight is 232 g/mol. The summed E-state index contributed by atoms with van der Waals surface area (Å²) in [7, 11) is 0. The van der Waals surface area contributed by atoms with Crippen LogP contribution in [0.25, 0.3) is 0 Å². The minimum Gasteiger partial charge on any atom is -0.493 e. The van der Waals surface area contributed by atoms with E-state index in [4.69, 9.17) is 9.84 Å². The van der Waals surface area contributed by atoms with Crippen molar-refractivity contribution < 1.29 is 14.6 Å². The number of hydrogen-bond acceptors (Lipinski definition) is 2. The van der Waals surface area contributed by atoms with Gasteiger partial charge in [0.1, 0.15) is 5.75 Å². The van der Waals surface area contributed by atoms with Gasteiger partial charge in [0.05, 0.1) is 13.0 Å².